The van der Waals surface area contributed by atoms with E-state index in [4.69, 9.17) is 4.74 Å². The SMILES string of the molecule is CN=C(NCCCn1nc(C)cc1C)NCc1ccc(OCc2ccccc2)cc1.I. The Labute approximate surface area is 202 Å². The molecule has 6 nitrogen and oxygen atoms in total. The highest BCUT2D eigenvalue weighted by Crippen LogP contribution is 2.14. The minimum Gasteiger partial charge on any atom is -0.489 e. The minimum absolute atomic E-state index is 0. The second-order valence-corrected chi connectivity index (χ2v) is 7.27. The van der Waals surface area contributed by atoms with Gasteiger partial charge in [0.2, 0.25) is 0 Å². The van der Waals surface area contributed by atoms with Crippen LogP contribution in [0, 0.1) is 13.8 Å². The molecule has 0 aliphatic carbocycles. The Balaban J connectivity index is 0.00000341. The number of rotatable bonds is 9. The highest BCUT2D eigenvalue weighted by molar-refractivity contribution is 14.0. The summed E-state index contributed by atoms with van der Waals surface area (Å²) in [4.78, 5) is 4.30. The van der Waals surface area contributed by atoms with Gasteiger partial charge in [-0.15, -0.1) is 24.0 Å². The zero-order chi connectivity index (χ0) is 21.2. The van der Waals surface area contributed by atoms with E-state index in [9.17, 15) is 0 Å². The van der Waals surface area contributed by atoms with E-state index >= 15 is 0 Å². The molecule has 2 N–H and O–H groups in total. The molecule has 0 bridgehead atoms. The minimum atomic E-state index is 0. The van der Waals surface area contributed by atoms with Gasteiger partial charge in [0.05, 0.1) is 5.69 Å². The molecule has 0 aliphatic rings. The Morgan fingerprint density at radius 1 is 1.00 bits per heavy atom. The first-order chi connectivity index (χ1) is 14.6. The van der Waals surface area contributed by atoms with Crippen LogP contribution in [0.5, 0.6) is 5.75 Å². The molecule has 0 atom stereocenters. The van der Waals surface area contributed by atoms with Gasteiger partial charge in [-0.25, -0.2) is 0 Å². The lowest BCUT2D eigenvalue weighted by molar-refractivity contribution is 0.306. The van der Waals surface area contributed by atoms with Crippen LogP contribution in [-0.2, 0) is 19.7 Å². The van der Waals surface area contributed by atoms with Crippen molar-refractivity contribution in [3.8, 4) is 5.75 Å². The number of guanidine groups is 1. The van der Waals surface area contributed by atoms with Crippen molar-refractivity contribution in [3.63, 3.8) is 0 Å². The Kier molecular flexibility index (Phi) is 10.4. The molecule has 0 amide bonds. The van der Waals surface area contributed by atoms with Crippen molar-refractivity contribution in [1.29, 1.82) is 0 Å². The molecule has 31 heavy (non-hydrogen) atoms. The van der Waals surface area contributed by atoms with Gasteiger partial charge < -0.3 is 15.4 Å². The topological polar surface area (TPSA) is 63.5 Å². The molecule has 2 aromatic carbocycles. The molecule has 3 aromatic rings. The zero-order valence-corrected chi connectivity index (χ0v) is 20.8. The summed E-state index contributed by atoms with van der Waals surface area (Å²) in [7, 11) is 1.79. The lowest BCUT2D eigenvalue weighted by Crippen LogP contribution is -2.37. The van der Waals surface area contributed by atoms with Crippen LogP contribution in [0.2, 0.25) is 0 Å². The monoisotopic (exact) mass is 533 g/mol. The van der Waals surface area contributed by atoms with E-state index in [1.54, 1.807) is 7.05 Å². The van der Waals surface area contributed by atoms with Crippen molar-refractivity contribution in [1.82, 2.24) is 20.4 Å². The third-order valence-electron chi connectivity index (χ3n) is 4.80. The first kappa shape index (κ1) is 24.7. The molecule has 0 saturated carbocycles. The second kappa shape index (κ2) is 13.0. The fourth-order valence-electron chi connectivity index (χ4n) is 3.19. The van der Waals surface area contributed by atoms with E-state index in [1.807, 2.05) is 37.3 Å². The highest BCUT2D eigenvalue weighted by Gasteiger charge is 2.02. The molecule has 3 rings (SSSR count). The molecule has 1 aromatic heterocycles. The summed E-state index contributed by atoms with van der Waals surface area (Å²) in [6.07, 6.45) is 0.982. The van der Waals surface area contributed by atoms with Gasteiger partial charge in [0, 0.05) is 32.4 Å². The molecule has 0 unspecified atom stereocenters. The summed E-state index contributed by atoms with van der Waals surface area (Å²) < 4.78 is 7.89. The van der Waals surface area contributed by atoms with Crippen molar-refractivity contribution in [3.05, 3.63) is 83.2 Å². The molecule has 0 saturated heterocycles. The van der Waals surface area contributed by atoms with Crippen LogP contribution in [-0.4, -0.2) is 29.3 Å². The maximum atomic E-state index is 5.84. The summed E-state index contributed by atoms with van der Waals surface area (Å²) in [6, 6.07) is 20.4. The van der Waals surface area contributed by atoms with Gasteiger partial charge in [0.1, 0.15) is 12.4 Å². The number of aryl methyl sites for hydroxylation is 3. The average Bonchev–Trinajstić information content (AvgIpc) is 3.10. The van der Waals surface area contributed by atoms with Gasteiger partial charge in [-0.3, -0.25) is 9.67 Å². The van der Waals surface area contributed by atoms with E-state index in [1.165, 1.54) is 11.3 Å². The fraction of sp³-hybridized carbons (Fsp3) is 0.333. The Morgan fingerprint density at radius 2 is 1.74 bits per heavy atom. The number of halogens is 1. The summed E-state index contributed by atoms with van der Waals surface area (Å²) >= 11 is 0. The number of aliphatic imine (C=N–C) groups is 1. The normalized spacial score (nSPS) is 11.0. The number of benzene rings is 2. The summed E-state index contributed by atoms with van der Waals surface area (Å²) in [5.74, 6) is 1.67. The number of hydrogen-bond donors (Lipinski definition) is 2. The van der Waals surface area contributed by atoms with Gasteiger partial charge in [0.15, 0.2) is 5.96 Å². The van der Waals surface area contributed by atoms with Gasteiger partial charge in [0.25, 0.3) is 0 Å². The Morgan fingerprint density at radius 3 is 2.39 bits per heavy atom. The fourth-order valence-corrected chi connectivity index (χ4v) is 3.19. The molecule has 1 heterocycles. The number of nitrogens with zero attached hydrogens (tertiary/aromatic N) is 3. The quantitative estimate of drug-likeness (QED) is 0.185. The van der Waals surface area contributed by atoms with E-state index < -0.39 is 0 Å². The van der Waals surface area contributed by atoms with Crippen molar-refractivity contribution in [2.75, 3.05) is 13.6 Å². The maximum absolute atomic E-state index is 5.84. The summed E-state index contributed by atoms with van der Waals surface area (Å²) in [6.45, 7) is 7.13. The van der Waals surface area contributed by atoms with E-state index in [0.29, 0.717) is 13.2 Å². The number of aromatic nitrogens is 2. The van der Waals surface area contributed by atoms with Crippen molar-refractivity contribution in [2.24, 2.45) is 4.99 Å². The van der Waals surface area contributed by atoms with E-state index in [-0.39, 0.29) is 24.0 Å². The third-order valence-corrected chi connectivity index (χ3v) is 4.80. The van der Waals surface area contributed by atoms with Gasteiger partial charge in [-0.2, -0.15) is 5.10 Å². The van der Waals surface area contributed by atoms with Crippen LogP contribution < -0.4 is 15.4 Å². The summed E-state index contributed by atoms with van der Waals surface area (Å²) in [5.41, 5.74) is 4.60. The van der Waals surface area contributed by atoms with Crippen LogP contribution in [0.3, 0.4) is 0 Å². The van der Waals surface area contributed by atoms with Crippen LogP contribution in [0.4, 0.5) is 0 Å². The largest absolute Gasteiger partial charge is 0.489 e. The molecule has 0 spiro atoms. The lowest BCUT2D eigenvalue weighted by atomic mass is 10.2. The Bertz CT molecular complexity index is 938. The van der Waals surface area contributed by atoms with Crippen LogP contribution >= 0.6 is 24.0 Å². The van der Waals surface area contributed by atoms with Crippen LogP contribution in [0.25, 0.3) is 0 Å². The standard InChI is InChI=1S/C24H31N5O.HI/c1-19-16-20(2)29(28-19)15-7-14-26-24(25-3)27-17-21-10-12-23(13-11-21)30-18-22-8-5-4-6-9-22;/h4-6,8-13,16H,7,14-15,17-18H2,1-3H3,(H2,25,26,27);1H. The molecule has 0 fully saturated rings. The van der Waals surface area contributed by atoms with Gasteiger partial charge in [-0.1, -0.05) is 42.5 Å². The average molecular weight is 533 g/mol. The number of ether oxygens (including phenoxy) is 1. The van der Waals surface area contributed by atoms with Crippen molar-refractivity contribution < 1.29 is 4.74 Å². The molecule has 0 radical (unpaired) electrons. The van der Waals surface area contributed by atoms with Crippen LogP contribution in [0.15, 0.2) is 65.7 Å². The highest BCUT2D eigenvalue weighted by atomic mass is 127. The number of nitrogens with one attached hydrogen (secondary N) is 2. The van der Waals surface area contributed by atoms with Crippen molar-refractivity contribution >= 4 is 29.9 Å². The van der Waals surface area contributed by atoms with E-state index in [0.717, 1.165) is 42.5 Å². The van der Waals surface area contributed by atoms with Gasteiger partial charge in [-0.05, 0) is 49.6 Å². The molecule has 7 heteroatoms. The summed E-state index contributed by atoms with van der Waals surface area (Å²) in [5, 5.41) is 11.2. The predicted molar refractivity (Wildman–Crippen MR) is 137 cm³/mol. The second-order valence-electron chi connectivity index (χ2n) is 7.27. The first-order valence-corrected chi connectivity index (χ1v) is 10.4. The Hall–Kier alpha value is -2.55. The molecular formula is C24H32IN5O. The third kappa shape index (κ3) is 8.24. The molecular weight excluding hydrogens is 501 g/mol. The number of hydrogen-bond acceptors (Lipinski definition) is 3. The van der Waals surface area contributed by atoms with Crippen molar-refractivity contribution in [2.45, 2.75) is 40.0 Å². The molecule has 166 valence electrons. The van der Waals surface area contributed by atoms with Crippen LogP contribution in [0.1, 0.15) is 28.9 Å². The van der Waals surface area contributed by atoms with E-state index in [2.05, 4.69) is 62.7 Å². The maximum Gasteiger partial charge on any atom is 0.191 e. The first-order valence-electron chi connectivity index (χ1n) is 10.4. The predicted octanol–water partition coefficient (Wildman–Crippen LogP) is 4.45. The molecule has 0 aliphatic heterocycles. The zero-order valence-electron chi connectivity index (χ0n) is 18.5. The smallest absolute Gasteiger partial charge is 0.191 e. The van der Waals surface area contributed by atoms with Gasteiger partial charge >= 0.3 is 0 Å². The lowest BCUT2D eigenvalue weighted by Gasteiger charge is -2.13.